The number of nitrogens with zero attached hydrogens (tertiary/aromatic N) is 3. The van der Waals surface area contributed by atoms with Crippen LogP contribution in [0.25, 0.3) is 11.5 Å². The standard InChI is InChI=1S/C14H12N4O2/c1-9-6-13(20-18-9)12-7-10(4-5-16-12)19-11-2-3-14(15)17-8-11/h2-8H,1H3,(H2,15,17). The number of anilines is 1. The molecule has 0 aliphatic rings. The van der Waals surface area contributed by atoms with Crippen LogP contribution in [-0.4, -0.2) is 15.1 Å². The molecule has 0 saturated carbocycles. The molecule has 0 aliphatic heterocycles. The number of aryl methyl sites for hydroxylation is 1. The second-order valence-electron chi connectivity index (χ2n) is 4.23. The van der Waals surface area contributed by atoms with Crippen LogP contribution in [0, 0.1) is 6.92 Å². The summed E-state index contributed by atoms with van der Waals surface area (Å²) < 4.78 is 10.9. The first-order valence-corrected chi connectivity index (χ1v) is 6.00. The van der Waals surface area contributed by atoms with Gasteiger partial charge >= 0.3 is 0 Å². The second kappa shape index (κ2) is 5.00. The lowest BCUT2D eigenvalue weighted by Crippen LogP contribution is -1.91. The molecule has 0 fully saturated rings. The van der Waals surface area contributed by atoms with E-state index in [1.54, 1.807) is 36.7 Å². The van der Waals surface area contributed by atoms with Crippen LogP contribution < -0.4 is 10.5 Å². The second-order valence-corrected chi connectivity index (χ2v) is 4.23. The van der Waals surface area contributed by atoms with Crippen molar-refractivity contribution in [2.45, 2.75) is 6.92 Å². The van der Waals surface area contributed by atoms with Crippen molar-refractivity contribution < 1.29 is 9.26 Å². The minimum absolute atomic E-state index is 0.449. The van der Waals surface area contributed by atoms with E-state index in [0.717, 1.165) is 5.69 Å². The van der Waals surface area contributed by atoms with Gasteiger partial charge in [-0.05, 0) is 25.1 Å². The first kappa shape index (κ1) is 12.2. The Kier molecular flexibility index (Phi) is 3.04. The maximum Gasteiger partial charge on any atom is 0.185 e. The highest BCUT2D eigenvalue weighted by molar-refractivity contribution is 5.54. The number of hydrogen-bond acceptors (Lipinski definition) is 6. The number of nitrogen functional groups attached to an aromatic ring is 1. The normalized spacial score (nSPS) is 10.4. The SMILES string of the molecule is Cc1cc(-c2cc(Oc3ccc(N)nc3)ccn2)on1. The molecule has 6 heteroatoms. The predicted octanol–water partition coefficient (Wildman–Crippen LogP) is 2.81. The fourth-order valence-electron chi connectivity index (χ4n) is 1.68. The zero-order chi connectivity index (χ0) is 13.9. The third kappa shape index (κ3) is 2.59. The Bertz CT molecular complexity index is 722. The number of ether oxygens (including phenoxy) is 1. The van der Waals surface area contributed by atoms with Gasteiger partial charge in [-0.2, -0.15) is 0 Å². The highest BCUT2D eigenvalue weighted by Crippen LogP contribution is 2.25. The lowest BCUT2D eigenvalue weighted by molar-refractivity contribution is 0.425. The van der Waals surface area contributed by atoms with Gasteiger partial charge in [-0.1, -0.05) is 5.16 Å². The highest BCUT2D eigenvalue weighted by atomic mass is 16.5. The van der Waals surface area contributed by atoms with Crippen molar-refractivity contribution in [3.05, 3.63) is 48.4 Å². The first-order valence-electron chi connectivity index (χ1n) is 6.00. The van der Waals surface area contributed by atoms with Crippen LogP contribution in [0.15, 0.2) is 47.2 Å². The molecule has 0 bridgehead atoms. The lowest BCUT2D eigenvalue weighted by atomic mass is 10.2. The van der Waals surface area contributed by atoms with Gasteiger partial charge in [0, 0.05) is 18.3 Å². The van der Waals surface area contributed by atoms with Gasteiger partial charge in [-0.3, -0.25) is 4.98 Å². The summed E-state index contributed by atoms with van der Waals surface area (Å²) in [5.74, 6) is 2.29. The maximum absolute atomic E-state index is 5.68. The topological polar surface area (TPSA) is 87.1 Å². The van der Waals surface area contributed by atoms with Gasteiger partial charge in [0.1, 0.15) is 23.0 Å². The number of nitrogens with two attached hydrogens (primary N) is 1. The number of rotatable bonds is 3. The van der Waals surface area contributed by atoms with Crippen LogP contribution in [0.2, 0.25) is 0 Å². The number of pyridine rings is 2. The van der Waals surface area contributed by atoms with Crippen molar-refractivity contribution in [2.75, 3.05) is 5.73 Å². The Balaban J connectivity index is 1.86. The Labute approximate surface area is 115 Å². The Morgan fingerprint density at radius 2 is 2.00 bits per heavy atom. The van der Waals surface area contributed by atoms with Crippen molar-refractivity contribution in [2.24, 2.45) is 0 Å². The molecule has 100 valence electrons. The molecule has 3 rings (SSSR count). The van der Waals surface area contributed by atoms with E-state index < -0.39 is 0 Å². The van der Waals surface area contributed by atoms with Gasteiger partial charge in [0.2, 0.25) is 0 Å². The fraction of sp³-hybridized carbons (Fsp3) is 0.0714. The molecule has 3 aromatic rings. The molecule has 0 atom stereocenters. The van der Waals surface area contributed by atoms with Gasteiger partial charge in [-0.15, -0.1) is 0 Å². The van der Waals surface area contributed by atoms with E-state index in [-0.39, 0.29) is 0 Å². The number of hydrogen-bond donors (Lipinski definition) is 1. The van der Waals surface area contributed by atoms with Crippen LogP contribution in [0.1, 0.15) is 5.69 Å². The molecule has 3 aromatic heterocycles. The molecule has 0 aliphatic carbocycles. The molecule has 0 amide bonds. The van der Waals surface area contributed by atoms with E-state index in [0.29, 0.717) is 28.8 Å². The van der Waals surface area contributed by atoms with E-state index in [1.165, 1.54) is 0 Å². The van der Waals surface area contributed by atoms with E-state index in [9.17, 15) is 0 Å². The molecular formula is C14H12N4O2. The monoisotopic (exact) mass is 268 g/mol. The Hall–Kier alpha value is -2.89. The van der Waals surface area contributed by atoms with E-state index >= 15 is 0 Å². The highest BCUT2D eigenvalue weighted by Gasteiger charge is 2.07. The molecular weight excluding hydrogens is 256 g/mol. The molecule has 0 aromatic carbocycles. The van der Waals surface area contributed by atoms with Crippen LogP contribution >= 0.6 is 0 Å². The summed E-state index contributed by atoms with van der Waals surface area (Å²) >= 11 is 0. The molecule has 20 heavy (non-hydrogen) atoms. The summed E-state index contributed by atoms with van der Waals surface area (Å²) in [5, 5.41) is 3.84. The van der Waals surface area contributed by atoms with Gasteiger partial charge in [-0.25, -0.2) is 4.98 Å². The third-order valence-electron chi connectivity index (χ3n) is 2.61. The predicted molar refractivity (Wildman–Crippen MR) is 73.2 cm³/mol. The molecule has 0 saturated heterocycles. The van der Waals surface area contributed by atoms with Gasteiger partial charge in [0.15, 0.2) is 5.76 Å². The van der Waals surface area contributed by atoms with Crippen molar-refractivity contribution in [3.63, 3.8) is 0 Å². The molecule has 0 radical (unpaired) electrons. The van der Waals surface area contributed by atoms with Crippen molar-refractivity contribution in [1.29, 1.82) is 0 Å². The minimum Gasteiger partial charge on any atom is -0.456 e. The first-order chi connectivity index (χ1) is 9.70. The van der Waals surface area contributed by atoms with Gasteiger partial charge in [0.25, 0.3) is 0 Å². The van der Waals surface area contributed by atoms with Gasteiger partial charge in [0.05, 0.1) is 11.9 Å². The Morgan fingerprint density at radius 3 is 2.70 bits per heavy atom. The molecule has 6 nitrogen and oxygen atoms in total. The number of aromatic nitrogens is 3. The quantitative estimate of drug-likeness (QED) is 0.785. The maximum atomic E-state index is 5.68. The van der Waals surface area contributed by atoms with Gasteiger partial charge < -0.3 is 15.0 Å². The fourth-order valence-corrected chi connectivity index (χ4v) is 1.68. The summed E-state index contributed by atoms with van der Waals surface area (Å²) in [6, 6.07) is 8.77. The lowest BCUT2D eigenvalue weighted by Gasteiger charge is -2.05. The van der Waals surface area contributed by atoms with E-state index in [2.05, 4.69) is 15.1 Å². The average Bonchev–Trinajstić information content (AvgIpc) is 2.89. The smallest absolute Gasteiger partial charge is 0.185 e. The van der Waals surface area contributed by atoms with E-state index in [4.69, 9.17) is 15.0 Å². The van der Waals surface area contributed by atoms with Crippen molar-refractivity contribution in [1.82, 2.24) is 15.1 Å². The third-order valence-corrected chi connectivity index (χ3v) is 2.61. The summed E-state index contributed by atoms with van der Waals surface area (Å²) in [5.41, 5.74) is 6.99. The minimum atomic E-state index is 0.449. The zero-order valence-electron chi connectivity index (χ0n) is 10.8. The zero-order valence-corrected chi connectivity index (χ0v) is 10.8. The van der Waals surface area contributed by atoms with Crippen LogP contribution in [0.5, 0.6) is 11.5 Å². The van der Waals surface area contributed by atoms with Crippen molar-refractivity contribution >= 4 is 5.82 Å². The molecule has 0 unspecified atom stereocenters. The van der Waals surface area contributed by atoms with Crippen molar-refractivity contribution in [3.8, 4) is 23.0 Å². The average molecular weight is 268 g/mol. The summed E-state index contributed by atoms with van der Waals surface area (Å²) in [6.45, 7) is 1.85. The summed E-state index contributed by atoms with van der Waals surface area (Å²) in [4.78, 5) is 8.20. The molecule has 2 N–H and O–H groups in total. The van der Waals surface area contributed by atoms with Crippen LogP contribution in [-0.2, 0) is 0 Å². The molecule has 0 spiro atoms. The largest absolute Gasteiger partial charge is 0.456 e. The van der Waals surface area contributed by atoms with Crippen LogP contribution in [0.3, 0.4) is 0 Å². The summed E-state index contributed by atoms with van der Waals surface area (Å²) in [7, 11) is 0. The Morgan fingerprint density at radius 1 is 1.10 bits per heavy atom. The molecule has 3 heterocycles. The summed E-state index contributed by atoms with van der Waals surface area (Å²) in [6.07, 6.45) is 3.21. The van der Waals surface area contributed by atoms with E-state index in [1.807, 2.05) is 13.0 Å². The van der Waals surface area contributed by atoms with Crippen LogP contribution in [0.4, 0.5) is 5.82 Å².